The van der Waals surface area contributed by atoms with Crippen molar-refractivity contribution in [1.82, 2.24) is 20.4 Å². The summed E-state index contributed by atoms with van der Waals surface area (Å²) in [5.41, 5.74) is 2.82. The Morgan fingerprint density at radius 2 is 2.04 bits per heavy atom. The van der Waals surface area contributed by atoms with Gasteiger partial charge in [-0.15, -0.1) is 0 Å². The van der Waals surface area contributed by atoms with Crippen molar-refractivity contribution in [2.45, 2.75) is 44.4 Å². The highest BCUT2D eigenvalue weighted by Crippen LogP contribution is 2.29. The molecule has 0 bridgehead atoms. The van der Waals surface area contributed by atoms with Crippen LogP contribution in [0.1, 0.15) is 40.7 Å². The highest BCUT2D eigenvalue weighted by Gasteiger charge is 2.39. The van der Waals surface area contributed by atoms with E-state index in [2.05, 4.69) is 21.6 Å². The molecule has 1 aromatic carbocycles. The van der Waals surface area contributed by atoms with Crippen molar-refractivity contribution in [2.75, 3.05) is 19.6 Å². The topological polar surface area (TPSA) is 81.8 Å². The minimum Gasteiger partial charge on any atom is -0.322 e. The Morgan fingerprint density at radius 3 is 2.78 bits per heavy atom. The summed E-state index contributed by atoms with van der Waals surface area (Å²) in [6.45, 7) is 4.62. The minimum absolute atomic E-state index is 0.0942. The molecule has 2 N–H and O–H groups in total. The second-order valence-corrected chi connectivity index (χ2v) is 8.19. The molecule has 5 rings (SSSR count). The molecule has 4 heterocycles. The second-order valence-electron chi connectivity index (χ2n) is 8.19. The van der Waals surface area contributed by atoms with E-state index in [0.717, 1.165) is 43.2 Å². The molecule has 3 fully saturated rings. The van der Waals surface area contributed by atoms with Gasteiger partial charge in [0, 0.05) is 44.2 Å². The van der Waals surface area contributed by atoms with E-state index < -0.39 is 6.04 Å². The quantitative estimate of drug-likeness (QED) is 0.747. The van der Waals surface area contributed by atoms with Crippen molar-refractivity contribution in [2.24, 2.45) is 5.92 Å². The molecule has 1 unspecified atom stereocenters. The van der Waals surface area contributed by atoms with Crippen molar-refractivity contribution in [1.29, 1.82) is 0 Å². The van der Waals surface area contributed by atoms with Crippen LogP contribution in [0.4, 0.5) is 0 Å². The van der Waals surface area contributed by atoms with E-state index in [1.165, 1.54) is 6.42 Å². The van der Waals surface area contributed by atoms with Crippen LogP contribution in [0.3, 0.4) is 0 Å². The van der Waals surface area contributed by atoms with Gasteiger partial charge in [0.25, 0.3) is 5.91 Å². The summed E-state index contributed by atoms with van der Waals surface area (Å²) in [6.07, 6.45) is 1.88. The smallest absolute Gasteiger partial charge is 0.255 e. The Labute approximate surface area is 158 Å². The van der Waals surface area contributed by atoms with Gasteiger partial charge in [-0.3, -0.25) is 24.6 Å². The van der Waals surface area contributed by atoms with Crippen LogP contribution in [0.15, 0.2) is 18.2 Å². The van der Waals surface area contributed by atoms with Gasteiger partial charge < -0.3 is 10.2 Å². The van der Waals surface area contributed by atoms with Gasteiger partial charge in [-0.2, -0.15) is 0 Å². The third-order valence-corrected chi connectivity index (χ3v) is 6.46. The molecule has 27 heavy (non-hydrogen) atoms. The maximum atomic E-state index is 12.9. The lowest BCUT2D eigenvalue weighted by atomic mass is 9.85. The number of imide groups is 1. The molecule has 0 aliphatic carbocycles. The maximum Gasteiger partial charge on any atom is 0.255 e. The number of rotatable bonds is 3. The third-order valence-electron chi connectivity index (χ3n) is 6.46. The zero-order chi connectivity index (χ0) is 18.5. The first-order valence-electron chi connectivity index (χ1n) is 9.81. The van der Waals surface area contributed by atoms with E-state index in [1.54, 1.807) is 4.90 Å². The van der Waals surface area contributed by atoms with E-state index >= 15 is 0 Å². The fraction of sp³-hybridized carbons (Fsp3) is 0.550. The predicted octanol–water partition coefficient (Wildman–Crippen LogP) is 0.241. The van der Waals surface area contributed by atoms with Crippen LogP contribution in [-0.2, 0) is 22.7 Å². The summed E-state index contributed by atoms with van der Waals surface area (Å²) >= 11 is 0. The fourth-order valence-electron chi connectivity index (χ4n) is 4.83. The van der Waals surface area contributed by atoms with E-state index in [0.29, 0.717) is 24.6 Å². The molecule has 0 saturated carbocycles. The molecule has 3 atom stereocenters. The largest absolute Gasteiger partial charge is 0.322 e. The molecule has 3 amide bonds. The van der Waals surface area contributed by atoms with E-state index in [1.807, 2.05) is 12.1 Å². The lowest BCUT2D eigenvalue weighted by molar-refractivity contribution is -0.136. The third kappa shape index (κ3) is 2.95. The first kappa shape index (κ1) is 16.9. The molecule has 7 nitrogen and oxygen atoms in total. The molecule has 3 saturated heterocycles. The van der Waals surface area contributed by atoms with Crippen LogP contribution < -0.4 is 10.6 Å². The van der Waals surface area contributed by atoms with Crippen LogP contribution in [-0.4, -0.2) is 59.2 Å². The van der Waals surface area contributed by atoms with E-state index in [4.69, 9.17) is 0 Å². The monoisotopic (exact) mass is 368 g/mol. The summed E-state index contributed by atoms with van der Waals surface area (Å²) in [5.74, 6) is 0.0545. The Balaban J connectivity index is 1.29. The summed E-state index contributed by atoms with van der Waals surface area (Å²) < 4.78 is 0. The maximum absolute atomic E-state index is 12.9. The van der Waals surface area contributed by atoms with Crippen molar-refractivity contribution in [3.8, 4) is 0 Å². The molecular formula is C20H24N4O3. The lowest BCUT2D eigenvalue weighted by Crippen LogP contribution is -2.61. The van der Waals surface area contributed by atoms with E-state index in [-0.39, 0.29) is 24.1 Å². The lowest BCUT2D eigenvalue weighted by Gasteiger charge is -2.46. The van der Waals surface area contributed by atoms with Gasteiger partial charge in [0.05, 0.1) is 0 Å². The Bertz CT molecular complexity index is 823. The number of amides is 3. The van der Waals surface area contributed by atoms with Gasteiger partial charge in [-0.1, -0.05) is 12.1 Å². The zero-order valence-corrected chi connectivity index (χ0v) is 15.2. The average molecular weight is 368 g/mol. The number of hydrogen-bond donors (Lipinski definition) is 2. The van der Waals surface area contributed by atoms with Crippen molar-refractivity contribution in [3.05, 3.63) is 34.9 Å². The Hall–Kier alpha value is -2.25. The molecule has 0 radical (unpaired) electrons. The number of nitrogens with zero attached hydrogens (tertiary/aromatic N) is 2. The highest BCUT2D eigenvalue weighted by atomic mass is 16.2. The summed E-state index contributed by atoms with van der Waals surface area (Å²) in [7, 11) is 0. The number of piperidine rings is 2. The van der Waals surface area contributed by atoms with Crippen molar-refractivity contribution >= 4 is 17.7 Å². The van der Waals surface area contributed by atoms with Gasteiger partial charge in [0.2, 0.25) is 11.8 Å². The zero-order valence-electron chi connectivity index (χ0n) is 15.2. The van der Waals surface area contributed by atoms with Gasteiger partial charge >= 0.3 is 0 Å². The SMILES string of the molecule is O=C1CCC(N2Cc3ccc(CN4CC[C@@H]5NC[C@@H]5C4)cc3C2=O)C(=O)N1. The molecule has 0 aromatic heterocycles. The molecule has 0 spiro atoms. The second kappa shape index (κ2) is 6.42. The number of benzene rings is 1. The minimum atomic E-state index is -0.545. The number of fused-ring (bicyclic) bond motifs is 2. The highest BCUT2D eigenvalue weighted by molar-refractivity contribution is 6.05. The van der Waals surface area contributed by atoms with Gasteiger partial charge in [0.15, 0.2) is 0 Å². The molecule has 4 aliphatic heterocycles. The molecule has 1 aromatic rings. The summed E-state index contributed by atoms with van der Waals surface area (Å²) in [5, 5.41) is 5.83. The van der Waals surface area contributed by atoms with E-state index in [9.17, 15) is 14.4 Å². The first-order valence-corrected chi connectivity index (χ1v) is 9.81. The van der Waals surface area contributed by atoms with Gasteiger partial charge in [0.1, 0.15) is 6.04 Å². The average Bonchev–Trinajstić information content (AvgIpc) is 2.94. The molecule has 7 heteroatoms. The van der Waals surface area contributed by atoms with Crippen LogP contribution in [0.5, 0.6) is 0 Å². The molecule has 4 aliphatic rings. The number of hydrogen-bond acceptors (Lipinski definition) is 5. The molecular weight excluding hydrogens is 344 g/mol. The van der Waals surface area contributed by atoms with Crippen LogP contribution in [0, 0.1) is 5.92 Å². The van der Waals surface area contributed by atoms with Crippen molar-refractivity contribution < 1.29 is 14.4 Å². The Morgan fingerprint density at radius 1 is 1.15 bits per heavy atom. The molecule has 142 valence electrons. The number of likely N-dealkylation sites (tertiary alicyclic amines) is 1. The van der Waals surface area contributed by atoms with Gasteiger partial charge in [-0.05, 0) is 42.5 Å². The first-order chi connectivity index (χ1) is 13.1. The summed E-state index contributed by atoms with van der Waals surface area (Å²) in [6, 6.07) is 6.27. The van der Waals surface area contributed by atoms with Crippen LogP contribution in [0.2, 0.25) is 0 Å². The van der Waals surface area contributed by atoms with Crippen LogP contribution in [0.25, 0.3) is 0 Å². The fourth-order valence-corrected chi connectivity index (χ4v) is 4.83. The number of nitrogens with one attached hydrogen (secondary N) is 2. The summed E-state index contributed by atoms with van der Waals surface area (Å²) in [4.78, 5) is 40.5. The predicted molar refractivity (Wildman–Crippen MR) is 97.7 cm³/mol. The number of carbonyl (C=O) groups excluding carboxylic acids is 3. The number of carbonyl (C=O) groups is 3. The normalized spacial score (nSPS) is 30.6. The van der Waals surface area contributed by atoms with Crippen molar-refractivity contribution in [3.63, 3.8) is 0 Å². The van der Waals surface area contributed by atoms with Gasteiger partial charge in [-0.25, -0.2) is 0 Å². The van der Waals surface area contributed by atoms with Crippen LogP contribution >= 0.6 is 0 Å². The standard InChI is InChI=1S/C20H24N4O3/c25-18-4-3-17(19(26)22-18)24-11-13-2-1-12(7-15(13)20(24)27)9-23-6-5-16-14(10-23)8-21-16/h1-2,7,14,16-17,21H,3-6,8-11H2,(H,22,25,26)/t14-,16+,17?/m1/s1. The Kier molecular flexibility index (Phi) is 4.02.